The number of carbonyl (C=O) groups is 1. The first-order valence-corrected chi connectivity index (χ1v) is 6.72. The van der Waals surface area contributed by atoms with Gasteiger partial charge in [-0.05, 0) is 37.1 Å². The third-order valence-corrected chi connectivity index (χ3v) is 3.77. The van der Waals surface area contributed by atoms with Crippen molar-refractivity contribution < 1.29 is 26.7 Å². The summed E-state index contributed by atoms with van der Waals surface area (Å²) in [6.45, 7) is 0.350. The Kier molecular flexibility index (Phi) is 4.69. The van der Waals surface area contributed by atoms with E-state index < -0.39 is 35.8 Å². The third kappa shape index (κ3) is 3.73. The summed E-state index contributed by atoms with van der Waals surface area (Å²) in [7, 11) is 1.09. The molecule has 0 saturated carbocycles. The molecule has 122 valence electrons. The van der Waals surface area contributed by atoms with Crippen LogP contribution >= 0.6 is 0 Å². The lowest BCUT2D eigenvalue weighted by molar-refractivity contribution is -0.186. The van der Waals surface area contributed by atoms with Crippen LogP contribution in [0.4, 0.5) is 22.0 Å². The van der Waals surface area contributed by atoms with Crippen molar-refractivity contribution in [2.24, 2.45) is 0 Å². The van der Waals surface area contributed by atoms with Crippen molar-refractivity contribution in [3.05, 3.63) is 35.4 Å². The number of alkyl halides is 3. The molecule has 1 fully saturated rings. The van der Waals surface area contributed by atoms with Gasteiger partial charge in [-0.25, -0.2) is 8.78 Å². The molecule has 8 heteroatoms. The highest BCUT2D eigenvalue weighted by Gasteiger charge is 2.43. The number of nitrogens with zero attached hydrogens (tertiary/aromatic N) is 1. The van der Waals surface area contributed by atoms with Crippen LogP contribution in [0, 0.1) is 11.6 Å². The highest BCUT2D eigenvalue weighted by Crippen LogP contribution is 2.29. The van der Waals surface area contributed by atoms with Gasteiger partial charge in [-0.3, -0.25) is 4.79 Å². The molecule has 1 aromatic carbocycles. The van der Waals surface area contributed by atoms with Gasteiger partial charge < -0.3 is 10.2 Å². The van der Waals surface area contributed by atoms with E-state index in [0.29, 0.717) is 23.4 Å². The summed E-state index contributed by atoms with van der Waals surface area (Å²) in [5, 5.41) is 3.00. The second kappa shape index (κ2) is 6.20. The zero-order valence-corrected chi connectivity index (χ0v) is 11.8. The van der Waals surface area contributed by atoms with Crippen molar-refractivity contribution in [1.29, 1.82) is 0 Å². The van der Waals surface area contributed by atoms with Crippen LogP contribution in [-0.4, -0.2) is 36.6 Å². The van der Waals surface area contributed by atoms with Gasteiger partial charge in [-0.15, -0.1) is 0 Å². The highest BCUT2D eigenvalue weighted by atomic mass is 19.4. The van der Waals surface area contributed by atoms with Gasteiger partial charge in [0.1, 0.15) is 11.6 Å². The SMILES string of the molecule is CN(C(=O)C(F)(F)F)C1CCNC(c2cc(F)cc(F)c2)C1. The Hall–Kier alpha value is -1.70. The fourth-order valence-corrected chi connectivity index (χ4v) is 2.65. The molecule has 0 radical (unpaired) electrons. The summed E-state index contributed by atoms with van der Waals surface area (Å²) in [5.74, 6) is -3.42. The van der Waals surface area contributed by atoms with E-state index in [1.54, 1.807) is 0 Å². The lowest BCUT2D eigenvalue weighted by Crippen LogP contribution is -2.49. The standard InChI is InChI=1S/C14H15F5N2O/c1-21(13(22)14(17,18)19)11-2-3-20-12(7-11)8-4-9(15)6-10(16)5-8/h4-6,11-12,20H,2-3,7H2,1H3. The molecule has 0 bridgehead atoms. The van der Waals surface area contributed by atoms with E-state index in [2.05, 4.69) is 5.32 Å². The van der Waals surface area contributed by atoms with E-state index in [0.717, 1.165) is 25.2 Å². The molecule has 1 N–H and O–H groups in total. The summed E-state index contributed by atoms with van der Waals surface area (Å²) in [4.78, 5) is 11.9. The van der Waals surface area contributed by atoms with Gasteiger partial charge in [0.2, 0.25) is 0 Å². The number of hydrogen-bond donors (Lipinski definition) is 1. The lowest BCUT2D eigenvalue weighted by atomic mass is 9.93. The number of amides is 1. The molecule has 2 unspecified atom stereocenters. The van der Waals surface area contributed by atoms with Crippen LogP contribution in [0.2, 0.25) is 0 Å². The Morgan fingerprint density at radius 3 is 2.36 bits per heavy atom. The molecule has 2 rings (SSSR count). The summed E-state index contributed by atoms with van der Waals surface area (Å²) in [6, 6.07) is 1.84. The monoisotopic (exact) mass is 322 g/mol. The number of hydrogen-bond acceptors (Lipinski definition) is 2. The first-order chi connectivity index (χ1) is 10.2. The summed E-state index contributed by atoms with van der Waals surface area (Å²) >= 11 is 0. The van der Waals surface area contributed by atoms with Crippen LogP contribution in [0.25, 0.3) is 0 Å². The second-order valence-corrected chi connectivity index (χ2v) is 5.30. The largest absolute Gasteiger partial charge is 0.471 e. The van der Waals surface area contributed by atoms with Crippen LogP contribution in [-0.2, 0) is 4.79 Å². The van der Waals surface area contributed by atoms with Crippen molar-refractivity contribution in [3.63, 3.8) is 0 Å². The van der Waals surface area contributed by atoms with Crippen molar-refractivity contribution in [3.8, 4) is 0 Å². The van der Waals surface area contributed by atoms with E-state index >= 15 is 0 Å². The number of rotatable bonds is 2. The molecule has 0 aromatic heterocycles. The maximum Gasteiger partial charge on any atom is 0.471 e. The molecule has 2 atom stereocenters. The first-order valence-electron chi connectivity index (χ1n) is 6.72. The van der Waals surface area contributed by atoms with E-state index in [-0.39, 0.29) is 6.42 Å². The second-order valence-electron chi connectivity index (χ2n) is 5.30. The lowest BCUT2D eigenvalue weighted by Gasteiger charge is -2.36. The number of piperidine rings is 1. The maximum atomic E-state index is 13.2. The van der Waals surface area contributed by atoms with Gasteiger partial charge in [-0.1, -0.05) is 0 Å². The molecule has 0 spiro atoms. The molecule has 1 aliphatic rings. The predicted octanol–water partition coefficient (Wildman–Crippen LogP) is 2.78. The fraction of sp³-hybridized carbons (Fsp3) is 0.500. The zero-order chi connectivity index (χ0) is 16.5. The molecular weight excluding hydrogens is 307 g/mol. The van der Waals surface area contributed by atoms with Crippen LogP contribution in [0.15, 0.2) is 18.2 Å². The highest BCUT2D eigenvalue weighted by molar-refractivity contribution is 5.81. The third-order valence-electron chi connectivity index (χ3n) is 3.77. The molecular formula is C14H15F5N2O. The van der Waals surface area contributed by atoms with Gasteiger partial charge in [-0.2, -0.15) is 13.2 Å². The normalized spacial score (nSPS) is 22.5. The molecule has 3 nitrogen and oxygen atoms in total. The number of nitrogens with one attached hydrogen (secondary N) is 1. The van der Waals surface area contributed by atoms with E-state index in [1.165, 1.54) is 0 Å². The average molecular weight is 322 g/mol. The van der Waals surface area contributed by atoms with Crippen LogP contribution in [0.1, 0.15) is 24.4 Å². The molecule has 1 saturated heterocycles. The van der Waals surface area contributed by atoms with E-state index in [4.69, 9.17) is 0 Å². The molecule has 1 aliphatic heterocycles. The predicted molar refractivity (Wildman–Crippen MR) is 68.9 cm³/mol. The minimum Gasteiger partial charge on any atom is -0.335 e. The van der Waals surface area contributed by atoms with Crippen LogP contribution in [0.3, 0.4) is 0 Å². The quantitative estimate of drug-likeness (QED) is 0.849. The maximum absolute atomic E-state index is 13.2. The molecule has 22 heavy (non-hydrogen) atoms. The summed E-state index contributed by atoms with van der Waals surface area (Å²) < 4.78 is 63.9. The Morgan fingerprint density at radius 1 is 1.23 bits per heavy atom. The number of halogens is 5. The van der Waals surface area contributed by atoms with Gasteiger partial charge in [0.15, 0.2) is 0 Å². The van der Waals surface area contributed by atoms with Crippen molar-refractivity contribution >= 4 is 5.91 Å². The summed E-state index contributed by atoms with van der Waals surface area (Å²) in [5.41, 5.74) is 0.315. The molecule has 0 aliphatic carbocycles. The smallest absolute Gasteiger partial charge is 0.335 e. The van der Waals surface area contributed by atoms with Crippen molar-refractivity contribution in [2.75, 3.05) is 13.6 Å². The minimum atomic E-state index is -4.93. The number of benzene rings is 1. The number of carbonyl (C=O) groups excluding carboxylic acids is 1. The Morgan fingerprint density at radius 2 is 1.82 bits per heavy atom. The van der Waals surface area contributed by atoms with Crippen LogP contribution < -0.4 is 5.32 Å². The van der Waals surface area contributed by atoms with Crippen molar-refractivity contribution in [1.82, 2.24) is 10.2 Å². The fourth-order valence-electron chi connectivity index (χ4n) is 2.65. The first kappa shape index (κ1) is 16.7. The minimum absolute atomic E-state index is 0.154. The van der Waals surface area contributed by atoms with Crippen LogP contribution in [0.5, 0.6) is 0 Å². The van der Waals surface area contributed by atoms with Crippen molar-refractivity contribution in [2.45, 2.75) is 31.1 Å². The van der Waals surface area contributed by atoms with Gasteiger partial charge in [0.05, 0.1) is 0 Å². The average Bonchev–Trinajstić information content (AvgIpc) is 2.44. The van der Waals surface area contributed by atoms with Gasteiger partial charge >= 0.3 is 12.1 Å². The Labute approximate surface area is 124 Å². The molecule has 1 heterocycles. The Bertz CT molecular complexity index is 540. The van der Waals surface area contributed by atoms with Gasteiger partial charge in [0.25, 0.3) is 0 Å². The molecule has 1 amide bonds. The van der Waals surface area contributed by atoms with E-state index in [9.17, 15) is 26.7 Å². The zero-order valence-electron chi connectivity index (χ0n) is 11.8. The topological polar surface area (TPSA) is 32.3 Å². The van der Waals surface area contributed by atoms with E-state index in [1.807, 2.05) is 0 Å². The van der Waals surface area contributed by atoms with Gasteiger partial charge in [0, 0.05) is 25.2 Å². The summed E-state index contributed by atoms with van der Waals surface area (Å²) in [6.07, 6.45) is -4.44. The molecule has 1 aromatic rings. The Balaban J connectivity index is 2.13.